The predicted molar refractivity (Wildman–Crippen MR) is 282 cm³/mol. The third-order valence-electron chi connectivity index (χ3n) is 13.9. The maximum atomic E-state index is 14.7. The number of phenolic OH excluding ortho intramolecular Hbond substituents is 2. The summed E-state index contributed by atoms with van der Waals surface area (Å²) in [5.74, 6) is -6.59. The van der Waals surface area contributed by atoms with E-state index >= 15 is 0 Å². The quantitative estimate of drug-likeness (QED) is 0.0613. The first kappa shape index (κ1) is 56.5. The molecule has 0 aliphatic carbocycles. The lowest BCUT2D eigenvalue weighted by Gasteiger charge is -2.33. The van der Waals surface area contributed by atoms with E-state index in [0.29, 0.717) is 43.4 Å². The highest BCUT2D eigenvalue weighted by molar-refractivity contribution is 5.98. The average Bonchev–Trinajstić information content (AvgIpc) is 3.90. The minimum absolute atomic E-state index is 0.0594. The van der Waals surface area contributed by atoms with E-state index in [0.717, 1.165) is 35.3 Å². The summed E-state index contributed by atoms with van der Waals surface area (Å²) in [5, 5.41) is 36.0. The molecular weight excluding hydrogens is 959 g/mol. The van der Waals surface area contributed by atoms with Crippen LogP contribution < -0.4 is 38.1 Å². The van der Waals surface area contributed by atoms with E-state index in [1.54, 1.807) is 19.1 Å². The summed E-state index contributed by atoms with van der Waals surface area (Å²) in [6, 6.07) is 16.8. The van der Waals surface area contributed by atoms with Gasteiger partial charge in [-0.3, -0.25) is 38.4 Å². The molecule has 0 aromatic heterocycles. The van der Waals surface area contributed by atoms with Gasteiger partial charge < -0.3 is 58.1 Å². The van der Waals surface area contributed by atoms with E-state index in [-0.39, 0.29) is 60.0 Å². The van der Waals surface area contributed by atoms with E-state index in [1.807, 2.05) is 12.1 Å². The molecule has 11 N–H and O–H groups in total. The second-order valence-electron chi connectivity index (χ2n) is 19.6. The van der Waals surface area contributed by atoms with Crippen molar-refractivity contribution in [3.8, 4) is 33.8 Å². The third-order valence-corrected chi connectivity index (χ3v) is 13.9. The Morgan fingerprint density at radius 2 is 1.48 bits per heavy atom. The fraction of sp³-hybridized carbons (Fsp3) is 0.429. The molecule has 0 spiro atoms. The number of rotatable bonds is 19. The van der Waals surface area contributed by atoms with Crippen LogP contribution >= 0.6 is 0 Å². The number of aromatic hydroxyl groups is 2. The van der Waals surface area contributed by atoms with Crippen molar-refractivity contribution >= 4 is 47.3 Å². The number of hydrogen-bond acceptors (Lipinski definition) is 11. The number of nitrogens with two attached hydrogens (primary N) is 2. The zero-order chi connectivity index (χ0) is 54.5. The number of carbonyl (C=O) groups is 8. The topological polar surface area (TPSA) is 296 Å². The van der Waals surface area contributed by atoms with Gasteiger partial charge in [0.2, 0.25) is 41.4 Å². The zero-order valence-corrected chi connectivity index (χ0v) is 43.3. The molecule has 7 unspecified atom stereocenters. The van der Waals surface area contributed by atoms with Gasteiger partial charge in [-0.15, -0.1) is 0 Å². The monoisotopic (exact) mass is 1030 g/mol. The van der Waals surface area contributed by atoms with E-state index in [4.69, 9.17) is 11.5 Å². The van der Waals surface area contributed by atoms with E-state index in [1.165, 1.54) is 67.8 Å². The summed E-state index contributed by atoms with van der Waals surface area (Å²) in [4.78, 5) is 112. The fourth-order valence-corrected chi connectivity index (χ4v) is 9.40. The summed E-state index contributed by atoms with van der Waals surface area (Å²) in [6.07, 6.45) is 5.10. The molecule has 400 valence electrons. The van der Waals surface area contributed by atoms with Crippen molar-refractivity contribution in [1.29, 1.82) is 0 Å². The van der Waals surface area contributed by atoms with Gasteiger partial charge in [-0.1, -0.05) is 68.8 Å². The highest BCUT2D eigenvalue weighted by Crippen LogP contribution is 2.39. The Kier molecular flexibility index (Phi) is 19.5. The molecule has 19 nitrogen and oxygen atoms in total. The molecule has 4 aromatic rings. The number of primary amides is 1. The van der Waals surface area contributed by atoms with Gasteiger partial charge in [0.15, 0.2) is 0 Å². The lowest BCUT2D eigenvalue weighted by atomic mass is 9.93. The maximum Gasteiger partial charge on any atom is 0.251 e. The van der Waals surface area contributed by atoms with Gasteiger partial charge in [0, 0.05) is 43.2 Å². The summed E-state index contributed by atoms with van der Waals surface area (Å²) >= 11 is 0. The van der Waals surface area contributed by atoms with Crippen LogP contribution in [0.3, 0.4) is 0 Å². The molecule has 4 bridgehead atoms. The highest BCUT2D eigenvalue weighted by Gasteiger charge is 2.38. The van der Waals surface area contributed by atoms with Gasteiger partial charge in [0.1, 0.15) is 47.8 Å². The van der Waals surface area contributed by atoms with Gasteiger partial charge in [-0.2, -0.15) is 0 Å². The highest BCUT2D eigenvalue weighted by atomic mass is 16.3. The van der Waals surface area contributed by atoms with Crippen molar-refractivity contribution in [2.24, 2.45) is 17.4 Å². The molecule has 1 fully saturated rings. The molecule has 1 saturated heterocycles. The first-order valence-electron chi connectivity index (χ1n) is 25.7. The Bertz CT molecular complexity index is 2730. The van der Waals surface area contributed by atoms with Gasteiger partial charge in [-0.05, 0) is 130 Å². The number of likely N-dealkylation sites (N-methyl/N-ethyl adjacent to an activating group) is 1. The number of phenols is 2. The number of unbranched alkanes of at least 4 members (excludes halogenated alkanes) is 2. The molecule has 4 aromatic carbocycles. The van der Waals surface area contributed by atoms with Crippen molar-refractivity contribution < 1.29 is 48.6 Å². The van der Waals surface area contributed by atoms with E-state index in [9.17, 15) is 48.6 Å². The van der Waals surface area contributed by atoms with E-state index < -0.39 is 83.5 Å². The van der Waals surface area contributed by atoms with Crippen molar-refractivity contribution in [3.63, 3.8) is 0 Å². The predicted octanol–water partition coefficient (Wildman–Crippen LogP) is 3.48. The maximum absolute atomic E-state index is 14.7. The Morgan fingerprint density at radius 3 is 2.13 bits per heavy atom. The van der Waals surface area contributed by atoms with Crippen LogP contribution in [-0.2, 0) is 46.4 Å². The van der Waals surface area contributed by atoms with Gasteiger partial charge in [-0.25, -0.2) is 0 Å². The van der Waals surface area contributed by atoms with Crippen LogP contribution in [0.1, 0.15) is 106 Å². The third kappa shape index (κ3) is 14.3. The molecule has 8 amide bonds. The van der Waals surface area contributed by atoms with Crippen molar-refractivity contribution in [2.75, 3.05) is 26.7 Å². The number of benzene rings is 4. The van der Waals surface area contributed by atoms with Gasteiger partial charge in [0.25, 0.3) is 5.91 Å². The Morgan fingerprint density at radius 1 is 0.827 bits per heavy atom. The molecule has 75 heavy (non-hydrogen) atoms. The zero-order valence-electron chi connectivity index (χ0n) is 43.3. The van der Waals surface area contributed by atoms with Crippen LogP contribution in [0.5, 0.6) is 11.5 Å². The summed E-state index contributed by atoms with van der Waals surface area (Å²) in [7, 11) is 1.36. The van der Waals surface area contributed by atoms with Crippen LogP contribution in [0, 0.1) is 5.92 Å². The van der Waals surface area contributed by atoms with Crippen molar-refractivity contribution in [1.82, 2.24) is 36.4 Å². The molecule has 6 rings (SSSR count). The lowest BCUT2D eigenvalue weighted by Crippen LogP contribution is -2.58. The first-order valence-corrected chi connectivity index (χ1v) is 25.7. The van der Waals surface area contributed by atoms with Crippen molar-refractivity contribution in [2.45, 2.75) is 122 Å². The summed E-state index contributed by atoms with van der Waals surface area (Å²) in [5.41, 5.74) is 15.8. The number of fused-ring (bicyclic) bond motifs is 5. The minimum Gasteiger partial charge on any atom is -0.507 e. The summed E-state index contributed by atoms with van der Waals surface area (Å²) in [6.45, 7) is 7.12. The SMILES string of the molecule is CCCCc1ccc(-c2ccc(C(=O)NCC(C)C(=O)NC(CCCCN)C(=O)N(C)C3C(=O)NC(C)C(=O)NC(C(=O)NC(C)C(=O)N4CCCC4C(N)=O)Cc4ccc(O)c(c4)-c4cc3ccc4O)cc2)cc1. The Hall–Kier alpha value is -7.80. The number of nitrogens with zero attached hydrogens (tertiary/aromatic N) is 2. The Labute approximate surface area is 437 Å². The lowest BCUT2D eigenvalue weighted by molar-refractivity contribution is -0.143. The number of likely N-dealkylation sites (tertiary alicyclic amines) is 1. The van der Waals surface area contributed by atoms with Crippen LogP contribution in [0.25, 0.3) is 22.3 Å². The van der Waals surface area contributed by atoms with Crippen LogP contribution in [0.2, 0.25) is 0 Å². The molecular formula is C56H71N9O10. The number of amides is 8. The second-order valence-corrected chi connectivity index (χ2v) is 19.6. The number of carbonyl (C=O) groups excluding carboxylic acids is 8. The number of aryl methyl sites for hydroxylation is 1. The molecule has 19 heteroatoms. The van der Waals surface area contributed by atoms with Crippen LogP contribution in [0.4, 0.5) is 0 Å². The van der Waals surface area contributed by atoms with Crippen LogP contribution in [0.15, 0.2) is 84.9 Å². The fourth-order valence-electron chi connectivity index (χ4n) is 9.40. The Balaban J connectivity index is 1.20. The molecule has 0 radical (unpaired) electrons. The van der Waals surface area contributed by atoms with Crippen molar-refractivity contribution in [3.05, 3.63) is 107 Å². The molecule has 2 aliphatic rings. The molecule has 7 atom stereocenters. The minimum atomic E-state index is -1.50. The molecule has 2 heterocycles. The number of nitrogens with one attached hydrogen (secondary N) is 5. The summed E-state index contributed by atoms with van der Waals surface area (Å²) < 4.78 is 0. The van der Waals surface area contributed by atoms with E-state index in [2.05, 4.69) is 57.8 Å². The standard InChI is InChI=1S/C56H71N9O10/c1-6-7-11-35-14-17-37(18-15-35)38-19-21-39(22-20-38)52(71)59-31-32(2)50(69)62-43(12-8-9-26-57)56(75)64(5)48-40-23-25-47(67)42(30-40)41-28-36(16-24-46(41)66)29-44(63-51(70)33(3)60-54(48)73)53(72)61-34(4)55(74)65-27-10-13-45(65)49(58)68/h14-25,28,30,32-34,43-45,48,66-67H,6-13,26-27,29,31,57H2,1-5H3,(H2,58,68)(H,59,71)(H,60,73)(H,61,72)(H,62,69)(H,63,70). The molecule has 2 aliphatic heterocycles. The number of hydrogen-bond donors (Lipinski definition) is 9. The largest absolute Gasteiger partial charge is 0.507 e. The first-order chi connectivity index (χ1) is 35.8. The average molecular weight is 1030 g/mol. The normalized spacial score (nSPS) is 18.8. The smallest absolute Gasteiger partial charge is 0.251 e. The molecule has 0 saturated carbocycles. The van der Waals surface area contributed by atoms with Crippen LogP contribution in [-0.4, -0.2) is 124 Å². The van der Waals surface area contributed by atoms with Gasteiger partial charge in [0.05, 0.1) is 5.92 Å². The second kappa shape index (κ2) is 25.9. The van der Waals surface area contributed by atoms with Gasteiger partial charge >= 0.3 is 0 Å².